The second-order valence-corrected chi connectivity index (χ2v) is 18.7. The van der Waals surface area contributed by atoms with Crippen molar-refractivity contribution in [2.45, 2.75) is 27.7 Å². The van der Waals surface area contributed by atoms with Gasteiger partial charge in [-0.1, -0.05) is 194 Å². The van der Waals surface area contributed by atoms with Crippen LogP contribution >= 0.6 is 0 Å². The zero-order valence-electron chi connectivity index (χ0n) is 37.5. The van der Waals surface area contributed by atoms with Crippen LogP contribution in [-0.2, 0) is 0 Å². The first-order valence-corrected chi connectivity index (χ1v) is 23.4. The first kappa shape index (κ1) is 37.3. The van der Waals surface area contributed by atoms with Crippen LogP contribution in [0.3, 0.4) is 0 Å². The molecule has 12 aromatic carbocycles. The summed E-state index contributed by atoms with van der Waals surface area (Å²) in [6.45, 7) is 9.14. The molecule has 0 aliphatic heterocycles. The Morgan fingerprint density at radius 3 is 0.758 bits per heavy atom. The minimum atomic E-state index is 1.27. The standard InChI is InChI=1S/C66H44/c1-37-17-5-9-25-43(37)57-53-35-33-48-47(59(53)61(45-27-11-7-19-39(45)3)65-51-31-15-23-41-21-13-29-49(55(41)51)63(57)65)34-36-54-58(44-26-10-6-18-38(44)2)64-50-30-14-22-42-24-16-32-52(56(42)50)66(64)62(60(48)54)46-28-12-8-20-40(46)4/h5-36H,1-4H3. The minimum absolute atomic E-state index is 1.27. The molecule has 0 radical (unpaired) electrons. The molecular formula is C66H44. The van der Waals surface area contributed by atoms with Crippen molar-refractivity contribution in [3.05, 3.63) is 216 Å². The Kier molecular flexibility index (Phi) is 7.76. The Morgan fingerprint density at radius 2 is 0.439 bits per heavy atom. The van der Waals surface area contributed by atoms with Gasteiger partial charge in [-0.05, 0) is 193 Å². The van der Waals surface area contributed by atoms with Crippen LogP contribution in [0.5, 0.6) is 0 Å². The van der Waals surface area contributed by atoms with E-state index in [1.165, 1.54) is 165 Å². The van der Waals surface area contributed by atoms with Crippen molar-refractivity contribution in [3.63, 3.8) is 0 Å². The molecule has 12 aromatic rings. The summed E-state index contributed by atoms with van der Waals surface area (Å²) < 4.78 is 0. The van der Waals surface area contributed by atoms with Crippen LogP contribution in [0.25, 0.3) is 143 Å². The van der Waals surface area contributed by atoms with Gasteiger partial charge < -0.3 is 0 Å². The fourth-order valence-electron chi connectivity index (χ4n) is 12.5. The van der Waals surface area contributed by atoms with E-state index in [0.717, 1.165) is 0 Å². The molecule has 0 fully saturated rings. The Hall–Kier alpha value is -8.06. The molecule has 0 spiro atoms. The molecular weight excluding hydrogens is 793 g/mol. The summed E-state index contributed by atoms with van der Waals surface area (Å²) in [7, 11) is 0. The highest BCUT2D eigenvalue weighted by atomic mass is 14.4. The summed E-state index contributed by atoms with van der Waals surface area (Å²) in [6.07, 6.45) is 0. The van der Waals surface area contributed by atoms with Crippen LogP contribution in [0.4, 0.5) is 0 Å². The second-order valence-electron chi connectivity index (χ2n) is 18.7. The lowest BCUT2D eigenvalue weighted by atomic mass is 9.77. The zero-order valence-corrected chi connectivity index (χ0v) is 37.5. The maximum atomic E-state index is 2.49. The molecule has 0 nitrogen and oxygen atoms in total. The quantitative estimate of drug-likeness (QED) is 0.155. The molecule has 0 amide bonds. The molecule has 2 aliphatic carbocycles. The summed E-state index contributed by atoms with van der Waals surface area (Å²) in [5.74, 6) is 0. The number of fused-ring (bicyclic) bond motifs is 11. The largest absolute Gasteiger partial charge is 0.0620 e. The van der Waals surface area contributed by atoms with Crippen LogP contribution in [0, 0.1) is 27.7 Å². The average molecular weight is 837 g/mol. The highest BCUT2D eigenvalue weighted by molar-refractivity contribution is 6.36. The Bertz CT molecular complexity index is 3860. The van der Waals surface area contributed by atoms with Crippen molar-refractivity contribution in [2.24, 2.45) is 0 Å². The van der Waals surface area contributed by atoms with Gasteiger partial charge >= 0.3 is 0 Å². The Balaban J connectivity index is 1.27. The zero-order chi connectivity index (χ0) is 43.9. The van der Waals surface area contributed by atoms with Crippen molar-refractivity contribution in [1.29, 1.82) is 0 Å². The number of benzene rings is 12. The fourth-order valence-corrected chi connectivity index (χ4v) is 12.5. The Morgan fingerprint density at radius 1 is 0.182 bits per heavy atom. The lowest BCUT2D eigenvalue weighted by Crippen LogP contribution is -1.99. The van der Waals surface area contributed by atoms with Crippen LogP contribution in [-0.4, -0.2) is 0 Å². The van der Waals surface area contributed by atoms with Crippen LogP contribution in [0.15, 0.2) is 194 Å². The van der Waals surface area contributed by atoms with Gasteiger partial charge in [0.15, 0.2) is 0 Å². The molecule has 0 aromatic heterocycles. The van der Waals surface area contributed by atoms with E-state index in [1.807, 2.05) is 0 Å². The van der Waals surface area contributed by atoms with Gasteiger partial charge in [-0.25, -0.2) is 0 Å². The van der Waals surface area contributed by atoms with Gasteiger partial charge in [-0.15, -0.1) is 0 Å². The van der Waals surface area contributed by atoms with Crippen molar-refractivity contribution in [1.82, 2.24) is 0 Å². The maximum Gasteiger partial charge on any atom is -0.000709 e. The predicted molar refractivity (Wildman–Crippen MR) is 284 cm³/mol. The van der Waals surface area contributed by atoms with Crippen molar-refractivity contribution in [3.8, 4) is 89.0 Å². The lowest BCUT2D eigenvalue weighted by molar-refractivity contribution is 1.46. The van der Waals surface area contributed by atoms with E-state index in [4.69, 9.17) is 0 Å². The third-order valence-corrected chi connectivity index (χ3v) is 15.3. The fraction of sp³-hybridized carbons (Fsp3) is 0.0606. The summed E-state index contributed by atoms with van der Waals surface area (Å²) in [5, 5.41) is 13.0. The lowest BCUT2D eigenvalue weighted by Gasteiger charge is -2.26. The van der Waals surface area contributed by atoms with E-state index in [9.17, 15) is 0 Å². The van der Waals surface area contributed by atoms with Gasteiger partial charge in [0.1, 0.15) is 0 Å². The van der Waals surface area contributed by atoms with Gasteiger partial charge in [0, 0.05) is 0 Å². The van der Waals surface area contributed by atoms with E-state index >= 15 is 0 Å². The van der Waals surface area contributed by atoms with Crippen LogP contribution in [0.1, 0.15) is 22.3 Å². The molecule has 0 bridgehead atoms. The van der Waals surface area contributed by atoms with Crippen molar-refractivity contribution < 1.29 is 0 Å². The topological polar surface area (TPSA) is 0 Å². The van der Waals surface area contributed by atoms with E-state index in [-0.39, 0.29) is 0 Å². The predicted octanol–water partition coefficient (Wildman–Crippen LogP) is 18.6. The molecule has 0 atom stereocenters. The number of aryl methyl sites for hydroxylation is 4. The molecule has 0 N–H and O–H groups in total. The summed E-state index contributed by atoms with van der Waals surface area (Å²) >= 11 is 0. The molecule has 66 heavy (non-hydrogen) atoms. The Labute approximate surface area is 385 Å². The molecule has 0 saturated carbocycles. The van der Waals surface area contributed by atoms with E-state index < -0.39 is 0 Å². The molecule has 0 heteroatoms. The van der Waals surface area contributed by atoms with E-state index in [0.29, 0.717) is 0 Å². The molecule has 0 unspecified atom stereocenters. The van der Waals surface area contributed by atoms with Crippen LogP contribution in [0.2, 0.25) is 0 Å². The van der Waals surface area contributed by atoms with Crippen molar-refractivity contribution >= 4 is 53.9 Å². The average Bonchev–Trinajstić information content (AvgIpc) is 3.86. The SMILES string of the molecule is Cc1ccccc1-c1c2c(c(-c3ccccc3C)c3c1ccc1c3ccc3c(-c4ccccc4C)c4c(c(-c5ccccc5C)c31)-c1cccc3cccc-4c13)-c1cccc3cccc-2c13. The normalized spacial score (nSPS) is 12.2. The highest BCUT2D eigenvalue weighted by Gasteiger charge is 2.35. The molecule has 0 heterocycles. The molecule has 2 aliphatic rings. The first-order chi connectivity index (χ1) is 32.5. The molecule has 308 valence electrons. The number of rotatable bonds is 4. The van der Waals surface area contributed by atoms with E-state index in [2.05, 4.69) is 222 Å². The third kappa shape index (κ3) is 4.88. The highest BCUT2D eigenvalue weighted by Crippen LogP contribution is 2.62. The van der Waals surface area contributed by atoms with Gasteiger partial charge in [-0.2, -0.15) is 0 Å². The van der Waals surface area contributed by atoms with Crippen LogP contribution < -0.4 is 0 Å². The van der Waals surface area contributed by atoms with Gasteiger partial charge in [0.2, 0.25) is 0 Å². The third-order valence-electron chi connectivity index (χ3n) is 15.3. The number of hydrogen-bond acceptors (Lipinski definition) is 0. The first-order valence-electron chi connectivity index (χ1n) is 23.4. The minimum Gasteiger partial charge on any atom is -0.0620 e. The number of hydrogen-bond donors (Lipinski definition) is 0. The summed E-state index contributed by atoms with van der Waals surface area (Å²) in [6, 6.07) is 73.7. The summed E-state index contributed by atoms with van der Waals surface area (Å²) in [4.78, 5) is 0. The molecule has 14 rings (SSSR count). The second kappa shape index (κ2) is 13.7. The molecule has 0 saturated heterocycles. The van der Waals surface area contributed by atoms with Gasteiger partial charge in [0.05, 0.1) is 0 Å². The van der Waals surface area contributed by atoms with Gasteiger partial charge in [-0.3, -0.25) is 0 Å². The van der Waals surface area contributed by atoms with Crippen molar-refractivity contribution in [2.75, 3.05) is 0 Å². The van der Waals surface area contributed by atoms with Gasteiger partial charge in [0.25, 0.3) is 0 Å². The summed E-state index contributed by atoms with van der Waals surface area (Å²) in [5.41, 5.74) is 26.1. The smallest absolute Gasteiger partial charge is 0.000709 e. The maximum absolute atomic E-state index is 2.49. The monoisotopic (exact) mass is 836 g/mol. The van der Waals surface area contributed by atoms with E-state index in [1.54, 1.807) is 0 Å².